The van der Waals surface area contributed by atoms with Gasteiger partial charge in [0.25, 0.3) is 5.69 Å². The summed E-state index contributed by atoms with van der Waals surface area (Å²) in [6, 6.07) is 9.57. The van der Waals surface area contributed by atoms with Crippen LogP contribution in [0.5, 0.6) is 0 Å². The number of aromatic nitrogens is 2. The van der Waals surface area contributed by atoms with Crippen LogP contribution in [0, 0.1) is 17.0 Å². The molecular formula is C24H23N5O6. The van der Waals surface area contributed by atoms with Crippen LogP contribution in [0.4, 0.5) is 17.3 Å². The van der Waals surface area contributed by atoms with E-state index in [1.54, 1.807) is 31.2 Å². The smallest absolute Gasteiger partial charge is 0.351 e. The van der Waals surface area contributed by atoms with Crippen molar-refractivity contribution in [3.8, 4) is 0 Å². The van der Waals surface area contributed by atoms with E-state index in [0.717, 1.165) is 32.5 Å². The molecule has 4 aromatic rings. The predicted molar refractivity (Wildman–Crippen MR) is 130 cm³/mol. The van der Waals surface area contributed by atoms with Gasteiger partial charge in [0, 0.05) is 42.4 Å². The Morgan fingerprint density at radius 2 is 2.00 bits per heavy atom. The molecule has 11 heteroatoms. The van der Waals surface area contributed by atoms with Crippen molar-refractivity contribution in [2.24, 2.45) is 0 Å². The number of non-ortho nitro benzene ring substituents is 1. The van der Waals surface area contributed by atoms with Crippen molar-refractivity contribution in [1.82, 2.24) is 14.5 Å². The fraction of sp³-hybridized carbons (Fsp3) is 0.292. The molecule has 35 heavy (non-hydrogen) atoms. The summed E-state index contributed by atoms with van der Waals surface area (Å²) in [5.41, 5.74) is 1.03. The van der Waals surface area contributed by atoms with Crippen LogP contribution in [-0.4, -0.2) is 50.1 Å². The fourth-order valence-electron chi connectivity index (χ4n) is 4.61. The minimum absolute atomic E-state index is 0.0425. The van der Waals surface area contributed by atoms with Crippen molar-refractivity contribution >= 4 is 45.3 Å². The van der Waals surface area contributed by atoms with E-state index in [9.17, 15) is 24.8 Å². The number of benzene rings is 2. The van der Waals surface area contributed by atoms with E-state index in [1.165, 1.54) is 12.1 Å². The molecule has 2 aromatic heterocycles. The van der Waals surface area contributed by atoms with Gasteiger partial charge in [-0.3, -0.25) is 10.1 Å². The molecule has 5 rings (SSSR count). The lowest BCUT2D eigenvalue weighted by Gasteiger charge is -2.17. The first-order valence-electron chi connectivity index (χ1n) is 11.3. The van der Waals surface area contributed by atoms with E-state index in [0.29, 0.717) is 40.2 Å². The van der Waals surface area contributed by atoms with Crippen LogP contribution >= 0.6 is 0 Å². The highest BCUT2D eigenvalue weighted by Crippen LogP contribution is 2.30. The van der Waals surface area contributed by atoms with Crippen LogP contribution in [0.1, 0.15) is 28.8 Å². The van der Waals surface area contributed by atoms with Gasteiger partial charge in [0.05, 0.1) is 16.0 Å². The van der Waals surface area contributed by atoms with Crippen LogP contribution in [-0.2, 0) is 6.54 Å². The molecule has 2 aromatic carbocycles. The number of hydrogen-bond donors (Lipinski definition) is 2. The van der Waals surface area contributed by atoms with Gasteiger partial charge in [-0.2, -0.15) is 0 Å². The van der Waals surface area contributed by atoms with Crippen molar-refractivity contribution in [1.29, 1.82) is 0 Å². The van der Waals surface area contributed by atoms with Crippen LogP contribution in [0.2, 0.25) is 0 Å². The standard InChI is InChI=1S/C24H23N5O6/c1-14-17-12-18-19(13-20(17)35-23(32)21(14)22(30)31)28(10-9-27-7-2-3-8-27)24(26-18)25-15-5-4-6-16(11-15)29(33)34/h4-6,11-13H,2-3,7-10H2,1H3,(H,25,26)(H,30,31). The maximum atomic E-state index is 12.3. The second kappa shape index (κ2) is 8.84. The van der Waals surface area contributed by atoms with E-state index in [1.807, 2.05) is 4.57 Å². The molecule has 1 fully saturated rings. The number of nitro groups is 1. The van der Waals surface area contributed by atoms with E-state index in [4.69, 9.17) is 9.40 Å². The van der Waals surface area contributed by atoms with Crippen LogP contribution < -0.4 is 10.9 Å². The number of carboxylic acids is 1. The van der Waals surface area contributed by atoms with E-state index in [-0.39, 0.29) is 11.3 Å². The molecular weight excluding hydrogens is 454 g/mol. The van der Waals surface area contributed by atoms with Gasteiger partial charge in [-0.25, -0.2) is 14.6 Å². The minimum Gasteiger partial charge on any atom is -0.477 e. The average Bonchev–Trinajstić information content (AvgIpc) is 3.44. The van der Waals surface area contributed by atoms with Gasteiger partial charge in [-0.05, 0) is 50.6 Å². The Morgan fingerprint density at radius 3 is 2.71 bits per heavy atom. The predicted octanol–water partition coefficient (Wildman–Crippen LogP) is 3.90. The van der Waals surface area contributed by atoms with Crippen molar-refractivity contribution in [2.75, 3.05) is 25.0 Å². The van der Waals surface area contributed by atoms with E-state index in [2.05, 4.69) is 10.2 Å². The third-order valence-corrected chi connectivity index (χ3v) is 6.40. The number of aryl methyl sites for hydroxylation is 1. The number of nitro benzene ring substituents is 1. The number of anilines is 2. The Bertz CT molecular complexity index is 1530. The number of rotatable bonds is 7. The SMILES string of the molecule is Cc1c(C(=O)O)c(=O)oc2cc3c(cc12)nc(Nc1cccc([N+](=O)[O-])c1)n3CCN1CCCC1. The number of likely N-dealkylation sites (tertiary alicyclic amines) is 1. The molecule has 3 heterocycles. The number of imidazole rings is 1. The number of aromatic carboxylic acids is 1. The summed E-state index contributed by atoms with van der Waals surface area (Å²) in [6.07, 6.45) is 2.31. The minimum atomic E-state index is -1.34. The molecule has 11 nitrogen and oxygen atoms in total. The highest BCUT2D eigenvalue weighted by Gasteiger charge is 2.21. The third kappa shape index (κ3) is 4.21. The van der Waals surface area contributed by atoms with Gasteiger partial charge in [-0.15, -0.1) is 0 Å². The molecule has 0 radical (unpaired) electrons. The largest absolute Gasteiger partial charge is 0.477 e. The molecule has 0 spiro atoms. The van der Waals surface area contributed by atoms with Gasteiger partial charge in [0.2, 0.25) is 5.95 Å². The summed E-state index contributed by atoms with van der Waals surface area (Å²) in [6.45, 7) is 5.00. The summed E-state index contributed by atoms with van der Waals surface area (Å²) in [5.74, 6) is -0.865. The Balaban J connectivity index is 1.64. The zero-order valence-electron chi connectivity index (χ0n) is 19.0. The molecule has 0 unspecified atom stereocenters. The molecule has 0 bridgehead atoms. The lowest BCUT2D eigenvalue weighted by atomic mass is 10.1. The van der Waals surface area contributed by atoms with Crippen LogP contribution in [0.3, 0.4) is 0 Å². The maximum absolute atomic E-state index is 12.3. The first-order valence-corrected chi connectivity index (χ1v) is 11.3. The normalized spacial score (nSPS) is 14.1. The molecule has 0 saturated carbocycles. The monoisotopic (exact) mass is 477 g/mol. The summed E-state index contributed by atoms with van der Waals surface area (Å²) in [4.78, 5) is 41.7. The Kier molecular flexibility index (Phi) is 5.69. The average molecular weight is 477 g/mol. The summed E-state index contributed by atoms with van der Waals surface area (Å²) < 4.78 is 7.31. The molecule has 1 aliphatic rings. The van der Waals surface area contributed by atoms with Crippen molar-refractivity contribution < 1.29 is 19.2 Å². The van der Waals surface area contributed by atoms with Gasteiger partial charge in [-0.1, -0.05) is 6.07 Å². The van der Waals surface area contributed by atoms with Crippen LogP contribution in [0.25, 0.3) is 22.0 Å². The molecule has 0 amide bonds. The molecule has 0 aliphatic carbocycles. The zero-order chi connectivity index (χ0) is 24.7. The summed E-state index contributed by atoms with van der Waals surface area (Å²) in [5, 5.41) is 24.3. The van der Waals surface area contributed by atoms with Crippen molar-refractivity contribution in [3.05, 3.63) is 68.1 Å². The molecule has 180 valence electrons. The van der Waals surface area contributed by atoms with E-state index < -0.39 is 22.1 Å². The maximum Gasteiger partial charge on any atom is 0.351 e. The summed E-state index contributed by atoms with van der Waals surface area (Å²) >= 11 is 0. The molecule has 2 N–H and O–H groups in total. The van der Waals surface area contributed by atoms with Crippen LogP contribution in [0.15, 0.2) is 45.6 Å². The van der Waals surface area contributed by atoms with Crippen molar-refractivity contribution in [2.45, 2.75) is 26.3 Å². The number of fused-ring (bicyclic) bond motifs is 2. The number of carbonyl (C=O) groups is 1. The zero-order valence-corrected chi connectivity index (χ0v) is 19.0. The van der Waals surface area contributed by atoms with E-state index >= 15 is 0 Å². The number of hydrogen-bond acceptors (Lipinski definition) is 8. The molecule has 1 saturated heterocycles. The first kappa shape index (κ1) is 22.5. The fourth-order valence-corrected chi connectivity index (χ4v) is 4.61. The number of nitrogens with one attached hydrogen (secondary N) is 1. The quantitative estimate of drug-likeness (QED) is 0.230. The molecule has 0 atom stereocenters. The van der Waals surface area contributed by atoms with Gasteiger partial charge in [0.15, 0.2) is 0 Å². The highest BCUT2D eigenvalue weighted by atomic mass is 16.6. The Hall–Kier alpha value is -4.25. The second-order valence-electron chi connectivity index (χ2n) is 8.60. The lowest BCUT2D eigenvalue weighted by molar-refractivity contribution is -0.384. The number of carboxylic acid groups (broad SMARTS) is 1. The lowest BCUT2D eigenvalue weighted by Crippen LogP contribution is -2.24. The topological polar surface area (TPSA) is 144 Å². The Labute approximate surface area is 198 Å². The highest BCUT2D eigenvalue weighted by molar-refractivity contribution is 5.99. The Morgan fingerprint density at radius 1 is 1.23 bits per heavy atom. The van der Waals surface area contributed by atoms with Gasteiger partial charge < -0.3 is 24.3 Å². The first-order chi connectivity index (χ1) is 16.8. The van der Waals surface area contributed by atoms with Gasteiger partial charge >= 0.3 is 11.6 Å². The van der Waals surface area contributed by atoms with Gasteiger partial charge in [0.1, 0.15) is 11.1 Å². The number of nitrogens with zero attached hydrogens (tertiary/aromatic N) is 4. The molecule has 1 aliphatic heterocycles. The second-order valence-corrected chi connectivity index (χ2v) is 8.60. The third-order valence-electron chi connectivity index (χ3n) is 6.40. The summed E-state index contributed by atoms with van der Waals surface area (Å²) in [7, 11) is 0. The van der Waals surface area contributed by atoms with Crippen molar-refractivity contribution in [3.63, 3.8) is 0 Å².